The van der Waals surface area contributed by atoms with Crippen molar-refractivity contribution in [3.8, 4) is 0 Å². The highest BCUT2D eigenvalue weighted by Crippen LogP contribution is 2.35. The zero-order valence-corrected chi connectivity index (χ0v) is 18.5. The lowest BCUT2D eigenvalue weighted by molar-refractivity contribution is 0.0684. The molecule has 1 saturated heterocycles. The van der Waals surface area contributed by atoms with Gasteiger partial charge in [-0.25, -0.2) is 14.8 Å². The van der Waals surface area contributed by atoms with Crippen LogP contribution in [0.3, 0.4) is 0 Å². The second-order valence-electron chi connectivity index (χ2n) is 8.37. The Balaban J connectivity index is 1.66. The van der Waals surface area contributed by atoms with Crippen LogP contribution in [0.2, 0.25) is 5.02 Å². The van der Waals surface area contributed by atoms with E-state index in [1.165, 1.54) is 0 Å². The van der Waals surface area contributed by atoms with Crippen molar-refractivity contribution in [2.45, 2.75) is 32.4 Å². The molecule has 3 aromatic rings. The Morgan fingerprint density at radius 1 is 1.22 bits per heavy atom. The van der Waals surface area contributed by atoms with Crippen molar-refractivity contribution in [1.82, 2.24) is 19.5 Å². The number of nitrogens with zero attached hydrogens (tertiary/aromatic N) is 5. The van der Waals surface area contributed by atoms with Gasteiger partial charge in [-0.3, -0.25) is 0 Å². The Labute approximate surface area is 190 Å². The molecule has 2 fully saturated rings. The van der Waals surface area contributed by atoms with Crippen molar-refractivity contribution in [1.29, 1.82) is 0 Å². The summed E-state index contributed by atoms with van der Waals surface area (Å²) in [6.07, 6.45) is 2.33. The summed E-state index contributed by atoms with van der Waals surface area (Å²) in [5, 5.41) is 13.7. The van der Waals surface area contributed by atoms with E-state index >= 15 is 0 Å². The molecular formula is C22H25ClN6O3. The molecule has 1 aliphatic heterocycles. The van der Waals surface area contributed by atoms with Crippen molar-refractivity contribution in [3.63, 3.8) is 0 Å². The van der Waals surface area contributed by atoms with Gasteiger partial charge in [-0.2, -0.15) is 4.98 Å². The zero-order valence-electron chi connectivity index (χ0n) is 17.8. The number of aromatic nitrogens is 4. The fraction of sp³-hybridized carbons (Fsp3) is 0.455. The van der Waals surface area contributed by atoms with Gasteiger partial charge < -0.3 is 24.6 Å². The van der Waals surface area contributed by atoms with E-state index in [0.29, 0.717) is 60.8 Å². The van der Waals surface area contributed by atoms with E-state index in [2.05, 4.69) is 31.7 Å². The highest BCUT2D eigenvalue weighted by atomic mass is 35.5. The van der Waals surface area contributed by atoms with Crippen LogP contribution in [0, 0.1) is 5.92 Å². The summed E-state index contributed by atoms with van der Waals surface area (Å²) in [5.41, 5.74) is 2.13. The summed E-state index contributed by atoms with van der Waals surface area (Å²) in [6, 6.07) is 7.85. The Hall–Kier alpha value is -2.91. The number of nitrogens with one attached hydrogen (secondary N) is 1. The van der Waals surface area contributed by atoms with Gasteiger partial charge in [-0.1, -0.05) is 23.7 Å². The fourth-order valence-electron chi connectivity index (χ4n) is 4.08. The third-order valence-corrected chi connectivity index (χ3v) is 6.27. The highest BCUT2D eigenvalue weighted by Gasteiger charge is 2.30. The van der Waals surface area contributed by atoms with Gasteiger partial charge in [0.25, 0.3) is 0 Å². The molecule has 10 heteroatoms. The molecule has 0 radical (unpaired) electrons. The van der Waals surface area contributed by atoms with E-state index in [4.69, 9.17) is 21.3 Å². The van der Waals surface area contributed by atoms with Crippen LogP contribution >= 0.6 is 11.6 Å². The number of carbonyl (C=O) groups is 1. The quantitative estimate of drug-likeness (QED) is 0.558. The minimum absolute atomic E-state index is 0.181. The number of fused-ring (bicyclic) bond motifs is 1. The summed E-state index contributed by atoms with van der Waals surface area (Å²) in [6.45, 7) is 5.26. The number of halogens is 1. The van der Waals surface area contributed by atoms with E-state index < -0.39 is 5.97 Å². The van der Waals surface area contributed by atoms with Gasteiger partial charge >= 0.3 is 5.97 Å². The maximum Gasteiger partial charge on any atom is 0.374 e. The molecule has 0 spiro atoms. The van der Waals surface area contributed by atoms with Crippen molar-refractivity contribution in [2.75, 3.05) is 36.5 Å². The van der Waals surface area contributed by atoms with Gasteiger partial charge in [0.1, 0.15) is 5.52 Å². The summed E-state index contributed by atoms with van der Waals surface area (Å²) in [4.78, 5) is 27.3. The van der Waals surface area contributed by atoms with E-state index in [-0.39, 0.29) is 11.9 Å². The minimum Gasteiger partial charge on any atom is -0.475 e. The SMILES string of the molecule is CC(Nc1nc(C(=O)O)nc2nc(N3CCOCC3)n(Cc3ccc(Cl)cc3)c12)C1CC1. The van der Waals surface area contributed by atoms with Crippen molar-refractivity contribution < 1.29 is 14.6 Å². The molecule has 1 aromatic carbocycles. The number of rotatable bonds is 7. The predicted octanol–water partition coefficient (Wildman–Crippen LogP) is 3.27. The fourth-order valence-corrected chi connectivity index (χ4v) is 4.20. The van der Waals surface area contributed by atoms with Gasteiger partial charge in [-0.05, 0) is 43.4 Å². The molecule has 168 valence electrons. The standard InChI is InChI=1S/C22H25ClN6O3/c1-13(15-4-5-15)24-18-17-19(26-20(25-18)21(30)31)27-22(28-8-10-32-11-9-28)29(17)12-14-2-6-16(23)7-3-14/h2-3,6-7,13,15H,4-5,8-12H2,1H3,(H,30,31)(H,24,25,26). The van der Waals surface area contributed by atoms with Gasteiger partial charge in [0.2, 0.25) is 11.8 Å². The van der Waals surface area contributed by atoms with Crippen LogP contribution in [0.1, 0.15) is 35.9 Å². The van der Waals surface area contributed by atoms with Gasteiger partial charge in [-0.15, -0.1) is 0 Å². The van der Waals surface area contributed by atoms with Crippen molar-refractivity contribution in [3.05, 3.63) is 40.7 Å². The lowest BCUT2D eigenvalue weighted by Gasteiger charge is -2.28. The molecule has 1 unspecified atom stereocenters. The first-order valence-corrected chi connectivity index (χ1v) is 11.2. The summed E-state index contributed by atoms with van der Waals surface area (Å²) < 4.78 is 7.58. The van der Waals surface area contributed by atoms with E-state index in [1.54, 1.807) is 0 Å². The summed E-state index contributed by atoms with van der Waals surface area (Å²) >= 11 is 6.08. The number of ether oxygens (including phenoxy) is 1. The third kappa shape index (κ3) is 4.22. The van der Waals surface area contributed by atoms with Gasteiger partial charge in [0, 0.05) is 24.2 Å². The molecule has 0 amide bonds. The average molecular weight is 457 g/mol. The number of benzene rings is 1. The lowest BCUT2D eigenvalue weighted by atomic mass is 10.2. The van der Waals surface area contributed by atoms with Crippen molar-refractivity contribution >= 4 is 40.5 Å². The Bertz CT molecular complexity index is 1140. The zero-order chi connectivity index (χ0) is 22.2. The first-order valence-electron chi connectivity index (χ1n) is 10.8. The molecular weight excluding hydrogens is 432 g/mol. The van der Waals surface area contributed by atoms with Crippen LogP contribution in [0.25, 0.3) is 11.2 Å². The molecule has 0 bridgehead atoms. The number of aromatic carboxylic acids is 1. The maximum absolute atomic E-state index is 11.7. The maximum atomic E-state index is 11.7. The Kier molecular flexibility index (Phi) is 5.60. The molecule has 1 saturated carbocycles. The summed E-state index contributed by atoms with van der Waals surface area (Å²) in [5.74, 6) is 0.381. The van der Waals surface area contributed by atoms with Gasteiger partial charge in [0.05, 0.1) is 19.8 Å². The number of morpholine rings is 1. The van der Waals surface area contributed by atoms with Crippen LogP contribution in [-0.2, 0) is 11.3 Å². The Morgan fingerprint density at radius 2 is 1.94 bits per heavy atom. The lowest BCUT2D eigenvalue weighted by Crippen LogP contribution is -2.38. The molecule has 3 heterocycles. The summed E-state index contributed by atoms with van der Waals surface area (Å²) in [7, 11) is 0. The molecule has 1 aliphatic carbocycles. The van der Waals surface area contributed by atoms with Crippen LogP contribution in [-0.4, -0.2) is 62.9 Å². The Morgan fingerprint density at radius 3 is 2.59 bits per heavy atom. The molecule has 2 aliphatic rings. The number of hydrogen-bond acceptors (Lipinski definition) is 7. The molecule has 1 atom stereocenters. The average Bonchev–Trinajstić information content (AvgIpc) is 3.58. The number of anilines is 2. The van der Waals surface area contributed by atoms with Crippen molar-refractivity contribution in [2.24, 2.45) is 5.92 Å². The second kappa shape index (κ2) is 8.55. The molecule has 5 rings (SSSR count). The largest absolute Gasteiger partial charge is 0.475 e. The van der Waals surface area contributed by atoms with E-state index in [9.17, 15) is 9.90 Å². The highest BCUT2D eigenvalue weighted by molar-refractivity contribution is 6.30. The van der Waals surface area contributed by atoms with Crippen LogP contribution < -0.4 is 10.2 Å². The normalized spacial score (nSPS) is 17.5. The third-order valence-electron chi connectivity index (χ3n) is 6.02. The van der Waals surface area contributed by atoms with Crippen LogP contribution in [0.5, 0.6) is 0 Å². The van der Waals surface area contributed by atoms with E-state index in [1.807, 2.05) is 24.3 Å². The number of hydrogen-bond donors (Lipinski definition) is 2. The monoisotopic (exact) mass is 456 g/mol. The number of carboxylic acids is 1. The topological polar surface area (TPSA) is 105 Å². The number of carboxylic acid groups (broad SMARTS) is 1. The first-order chi connectivity index (χ1) is 15.5. The second-order valence-corrected chi connectivity index (χ2v) is 8.80. The smallest absolute Gasteiger partial charge is 0.374 e. The van der Waals surface area contributed by atoms with E-state index in [0.717, 1.165) is 24.4 Å². The molecule has 2 N–H and O–H groups in total. The predicted molar refractivity (Wildman–Crippen MR) is 122 cm³/mol. The molecule has 32 heavy (non-hydrogen) atoms. The van der Waals surface area contributed by atoms with Crippen LogP contribution in [0.15, 0.2) is 24.3 Å². The molecule has 9 nitrogen and oxygen atoms in total. The minimum atomic E-state index is -1.17. The van der Waals surface area contributed by atoms with Crippen LogP contribution in [0.4, 0.5) is 11.8 Å². The number of imidazole rings is 1. The van der Waals surface area contributed by atoms with Gasteiger partial charge in [0.15, 0.2) is 11.5 Å². The first kappa shape index (κ1) is 21.0. The molecule has 2 aromatic heterocycles.